The Hall–Kier alpha value is -0.310. The molecule has 0 aliphatic rings. The molecule has 0 aliphatic heterocycles. The summed E-state index contributed by atoms with van der Waals surface area (Å²) >= 11 is 3.24. The first-order valence-corrected chi connectivity index (χ1v) is 3.50. The van der Waals surface area contributed by atoms with Crippen LogP contribution in [0.2, 0.25) is 0 Å². The van der Waals surface area contributed by atoms with Crippen molar-refractivity contribution < 1.29 is 4.74 Å². The third kappa shape index (κ3) is 4.21. The molecule has 0 rings (SSSR count). The van der Waals surface area contributed by atoms with Crippen molar-refractivity contribution in [1.29, 1.82) is 0 Å². The van der Waals surface area contributed by atoms with Gasteiger partial charge in [0.2, 0.25) is 5.90 Å². The van der Waals surface area contributed by atoms with Crippen LogP contribution in [0.25, 0.3) is 0 Å². The van der Waals surface area contributed by atoms with Gasteiger partial charge in [-0.3, -0.25) is 0 Å². The minimum atomic E-state index is 0.0884. The maximum Gasteiger partial charge on any atom is 0.208 e. The van der Waals surface area contributed by atoms with Crippen molar-refractivity contribution in [2.45, 2.75) is 11.9 Å². The number of hydrogen-bond donors (Lipinski definition) is 0. The standard InChI is InChI=1S/C6H10BrNO/c1-4-6(9-3)8-5(2)7/h4-5H,1H2,2-3H3. The molecule has 0 N–H and O–H groups in total. The van der Waals surface area contributed by atoms with Gasteiger partial charge in [-0.1, -0.05) is 22.5 Å². The molecule has 1 unspecified atom stereocenters. The van der Waals surface area contributed by atoms with E-state index < -0.39 is 0 Å². The van der Waals surface area contributed by atoms with Crippen LogP contribution >= 0.6 is 15.9 Å². The van der Waals surface area contributed by atoms with Crippen molar-refractivity contribution in [3.8, 4) is 0 Å². The van der Waals surface area contributed by atoms with Gasteiger partial charge in [-0.05, 0) is 13.0 Å². The van der Waals surface area contributed by atoms with Crippen LogP contribution in [0.5, 0.6) is 0 Å². The Labute approximate surface area is 63.8 Å². The molecule has 0 heterocycles. The molecule has 0 bridgehead atoms. The second kappa shape index (κ2) is 4.56. The summed E-state index contributed by atoms with van der Waals surface area (Å²) in [7, 11) is 1.57. The predicted octanol–water partition coefficient (Wildman–Crippen LogP) is 1.96. The summed E-state index contributed by atoms with van der Waals surface area (Å²) in [5.41, 5.74) is 0. The van der Waals surface area contributed by atoms with E-state index in [2.05, 4.69) is 27.5 Å². The number of hydrogen-bond acceptors (Lipinski definition) is 2. The molecule has 0 aromatic carbocycles. The van der Waals surface area contributed by atoms with Crippen molar-refractivity contribution in [2.75, 3.05) is 7.11 Å². The zero-order valence-electron chi connectivity index (χ0n) is 5.60. The molecule has 2 nitrogen and oxygen atoms in total. The maximum atomic E-state index is 4.81. The maximum absolute atomic E-state index is 4.81. The molecule has 0 saturated heterocycles. The molecule has 0 radical (unpaired) electrons. The van der Waals surface area contributed by atoms with Gasteiger partial charge in [0.05, 0.1) is 7.11 Å². The fourth-order valence-electron chi connectivity index (χ4n) is 0.364. The lowest BCUT2D eigenvalue weighted by molar-refractivity contribution is 0.404. The van der Waals surface area contributed by atoms with Crippen LogP contribution in [-0.4, -0.2) is 18.0 Å². The average Bonchev–Trinajstić information content (AvgIpc) is 1.82. The van der Waals surface area contributed by atoms with Gasteiger partial charge in [-0.25, -0.2) is 4.99 Å². The normalized spacial score (nSPS) is 14.8. The SMILES string of the molecule is C=CC(=NC(C)Br)OC. The van der Waals surface area contributed by atoms with Crippen LogP contribution in [0.4, 0.5) is 0 Å². The van der Waals surface area contributed by atoms with Crippen LogP contribution in [0.1, 0.15) is 6.92 Å². The van der Waals surface area contributed by atoms with Gasteiger partial charge in [-0.2, -0.15) is 0 Å². The minimum Gasteiger partial charge on any atom is -0.481 e. The van der Waals surface area contributed by atoms with E-state index in [-0.39, 0.29) is 4.95 Å². The Morgan fingerprint density at radius 2 is 2.44 bits per heavy atom. The number of halogens is 1. The number of methoxy groups -OCH3 is 1. The minimum absolute atomic E-state index is 0.0884. The van der Waals surface area contributed by atoms with Crippen LogP contribution in [0, 0.1) is 0 Å². The average molecular weight is 192 g/mol. The Morgan fingerprint density at radius 3 is 2.56 bits per heavy atom. The molecule has 0 amide bonds. The zero-order chi connectivity index (χ0) is 7.28. The Kier molecular flexibility index (Phi) is 4.40. The Morgan fingerprint density at radius 1 is 1.89 bits per heavy atom. The number of alkyl halides is 1. The monoisotopic (exact) mass is 191 g/mol. The third-order valence-corrected chi connectivity index (χ3v) is 0.894. The molecule has 1 atom stereocenters. The van der Waals surface area contributed by atoms with E-state index in [4.69, 9.17) is 4.74 Å². The van der Waals surface area contributed by atoms with E-state index in [1.54, 1.807) is 13.2 Å². The molecule has 0 saturated carbocycles. The van der Waals surface area contributed by atoms with Gasteiger partial charge >= 0.3 is 0 Å². The summed E-state index contributed by atoms with van der Waals surface area (Å²) in [6.45, 7) is 5.41. The highest BCUT2D eigenvalue weighted by molar-refractivity contribution is 9.09. The first kappa shape index (κ1) is 8.69. The van der Waals surface area contributed by atoms with E-state index >= 15 is 0 Å². The van der Waals surface area contributed by atoms with Crippen molar-refractivity contribution in [3.05, 3.63) is 12.7 Å². The largest absolute Gasteiger partial charge is 0.481 e. The van der Waals surface area contributed by atoms with Gasteiger partial charge in [0.25, 0.3) is 0 Å². The second-order valence-electron chi connectivity index (χ2n) is 1.45. The number of ether oxygens (including phenoxy) is 1. The molecule has 9 heavy (non-hydrogen) atoms. The third-order valence-electron chi connectivity index (χ3n) is 0.689. The quantitative estimate of drug-likeness (QED) is 0.283. The smallest absolute Gasteiger partial charge is 0.208 e. The van der Waals surface area contributed by atoms with Crippen molar-refractivity contribution in [1.82, 2.24) is 0 Å². The molecule has 0 aliphatic carbocycles. The molecule has 3 heteroatoms. The van der Waals surface area contributed by atoms with Gasteiger partial charge in [0, 0.05) is 0 Å². The first-order chi connectivity index (χ1) is 4.20. The van der Waals surface area contributed by atoms with Gasteiger partial charge in [0.15, 0.2) is 0 Å². The van der Waals surface area contributed by atoms with E-state index in [0.29, 0.717) is 5.90 Å². The highest BCUT2D eigenvalue weighted by Crippen LogP contribution is 1.99. The summed E-state index contributed by atoms with van der Waals surface area (Å²) in [6.07, 6.45) is 1.57. The lowest BCUT2D eigenvalue weighted by atomic mass is 10.6. The lowest BCUT2D eigenvalue weighted by Gasteiger charge is -1.98. The van der Waals surface area contributed by atoms with Crippen LogP contribution in [0.3, 0.4) is 0 Å². The molecule has 0 aromatic rings. The predicted molar refractivity (Wildman–Crippen MR) is 43.0 cm³/mol. The summed E-state index contributed by atoms with van der Waals surface area (Å²) in [5.74, 6) is 0.555. The van der Waals surface area contributed by atoms with Crippen molar-refractivity contribution >= 4 is 21.8 Å². The highest BCUT2D eigenvalue weighted by atomic mass is 79.9. The molecule has 0 spiro atoms. The number of aliphatic imine (C=N–C) groups is 1. The summed E-state index contributed by atoms with van der Waals surface area (Å²) in [6, 6.07) is 0. The summed E-state index contributed by atoms with van der Waals surface area (Å²) in [5, 5.41) is 0. The number of rotatable bonds is 2. The van der Waals surface area contributed by atoms with Gasteiger partial charge in [-0.15, -0.1) is 0 Å². The molecule has 0 fully saturated rings. The van der Waals surface area contributed by atoms with Crippen molar-refractivity contribution in [3.63, 3.8) is 0 Å². The van der Waals surface area contributed by atoms with E-state index in [9.17, 15) is 0 Å². The Bertz CT molecular complexity index is 120. The van der Waals surface area contributed by atoms with Crippen LogP contribution in [-0.2, 0) is 4.74 Å². The highest BCUT2D eigenvalue weighted by Gasteiger charge is 1.92. The van der Waals surface area contributed by atoms with Crippen molar-refractivity contribution in [2.24, 2.45) is 4.99 Å². The zero-order valence-corrected chi connectivity index (χ0v) is 7.18. The molecule has 52 valence electrons. The number of nitrogens with zero attached hydrogens (tertiary/aromatic N) is 1. The topological polar surface area (TPSA) is 21.6 Å². The fraction of sp³-hybridized carbons (Fsp3) is 0.500. The fourth-order valence-corrected chi connectivity index (χ4v) is 0.566. The van der Waals surface area contributed by atoms with Gasteiger partial charge in [0.1, 0.15) is 4.95 Å². The lowest BCUT2D eigenvalue weighted by Crippen LogP contribution is -1.98. The van der Waals surface area contributed by atoms with E-state index in [1.807, 2.05) is 6.92 Å². The summed E-state index contributed by atoms with van der Waals surface area (Å²) in [4.78, 5) is 4.10. The molecule has 0 aromatic heterocycles. The first-order valence-electron chi connectivity index (χ1n) is 2.59. The van der Waals surface area contributed by atoms with Crippen LogP contribution < -0.4 is 0 Å². The van der Waals surface area contributed by atoms with E-state index in [1.165, 1.54) is 0 Å². The van der Waals surface area contributed by atoms with E-state index in [0.717, 1.165) is 0 Å². The van der Waals surface area contributed by atoms with Gasteiger partial charge < -0.3 is 4.74 Å². The second-order valence-corrected chi connectivity index (χ2v) is 2.77. The Balaban J connectivity index is 3.90. The van der Waals surface area contributed by atoms with Crippen LogP contribution in [0.15, 0.2) is 17.6 Å². The summed E-state index contributed by atoms with van der Waals surface area (Å²) < 4.78 is 4.81. The molecular weight excluding hydrogens is 182 g/mol. The molecular formula is C6H10BrNO.